The Hall–Kier alpha value is -2.18. The number of hydrogen-bond donors (Lipinski definition) is 3. The highest BCUT2D eigenvalue weighted by Gasteiger charge is 2.19. The van der Waals surface area contributed by atoms with Crippen molar-refractivity contribution in [2.24, 2.45) is 0 Å². The minimum Gasteiger partial charge on any atom is -0.392 e. The summed E-state index contributed by atoms with van der Waals surface area (Å²) in [6.45, 7) is 2.66. The van der Waals surface area contributed by atoms with Gasteiger partial charge in [-0.15, -0.1) is 0 Å². The monoisotopic (exact) mass is 340 g/mol. The van der Waals surface area contributed by atoms with Gasteiger partial charge in [0.15, 0.2) is 0 Å². The quantitative estimate of drug-likeness (QED) is 0.789. The second-order valence-corrected chi connectivity index (χ2v) is 6.84. The zero-order valence-electron chi connectivity index (χ0n) is 14.3. The number of nitrogens with one attached hydrogen (secondary N) is 2. The first-order valence-electron chi connectivity index (χ1n) is 9.04. The van der Waals surface area contributed by atoms with Crippen molar-refractivity contribution < 1.29 is 9.90 Å². The molecule has 0 aliphatic carbocycles. The van der Waals surface area contributed by atoms with E-state index in [9.17, 15) is 9.90 Å². The van der Waals surface area contributed by atoms with Crippen LogP contribution in [0.15, 0.2) is 18.3 Å². The Kier molecular flexibility index (Phi) is 4.55. The number of aliphatic hydroxyl groups excluding tert-OH is 1. The molecule has 2 aliphatic heterocycles. The number of aryl methyl sites for hydroxylation is 2. The zero-order valence-corrected chi connectivity index (χ0v) is 14.3. The molecule has 0 atom stereocenters. The minimum absolute atomic E-state index is 0.0262. The number of aromatic nitrogens is 2. The molecular formula is C19H24N4O2. The van der Waals surface area contributed by atoms with Gasteiger partial charge in [0.25, 0.3) is 0 Å². The molecule has 4 rings (SSSR count). The molecule has 3 heterocycles. The Morgan fingerprint density at radius 3 is 3.04 bits per heavy atom. The molecule has 3 N–H and O–H groups in total. The largest absolute Gasteiger partial charge is 0.392 e. The number of hydrogen-bond acceptors (Lipinski definition) is 4. The van der Waals surface area contributed by atoms with E-state index >= 15 is 0 Å². The maximum atomic E-state index is 12.5. The molecule has 0 unspecified atom stereocenters. The third-order valence-electron chi connectivity index (χ3n) is 5.13. The normalized spacial score (nSPS) is 16.2. The van der Waals surface area contributed by atoms with E-state index in [0.717, 1.165) is 66.4 Å². The van der Waals surface area contributed by atoms with Crippen LogP contribution in [-0.4, -0.2) is 27.1 Å². The van der Waals surface area contributed by atoms with E-state index in [1.54, 1.807) is 0 Å². The van der Waals surface area contributed by atoms with Gasteiger partial charge >= 0.3 is 0 Å². The number of rotatable bonds is 4. The number of nitrogens with zero attached hydrogens (tertiary/aromatic N) is 2. The average molecular weight is 340 g/mol. The number of aliphatic hydroxyl groups is 1. The molecule has 0 spiro atoms. The lowest BCUT2D eigenvalue weighted by atomic mass is 9.94. The van der Waals surface area contributed by atoms with E-state index in [0.29, 0.717) is 6.42 Å². The van der Waals surface area contributed by atoms with E-state index in [-0.39, 0.29) is 12.5 Å². The van der Waals surface area contributed by atoms with Gasteiger partial charge in [0, 0.05) is 31.4 Å². The molecule has 25 heavy (non-hydrogen) atoms. The van der Waals surface area contributed by atoms with Gasteiger partial charge in [-0.25, -0.2) is 4.98 Å². The number of carbonyl (C=O) groups excluding carboxylic acids is 1. The molecule has 6 heteroatoms. The fraction of sp³-hybridized carbons (Fsp3) is 0.474. The predicted octanol–water partition coefficient (Wildman–Crippen LogP) is 1.54. The Labute approximate surface area is 147 Å². The van der Waals surface area contributed by atoms with E-state index in [1.165, 1.54) is 12.8 Å². The first-order chi connectivity index (χ1) is 12.2. The number of carbonyl (C=O) groups is 1. The van der Waals surface area contributed by atoms with E-state index in [1.807, 2.05) is 18.3 Å². The Bertz CT molecular complexity index is 773. The molecule has 1 aromatic heterocycles. The van der Waals surface area contributed by atoms with Gasteiger partial charge in [0.05, 0.1) is 18.7 Å². The van der Waals surface area contributed by atoms with Crippen molar-refractivity contribution >= 4 is 11.6 Å². The van der Waals surface area contributed by atoms with Crippen molar-refractivity contribution in [1.29, 1.82) is 0 Å². The molecule has 1 aromatic carbocycles. The first kappa shape index (κ1) is 16.3. The fourth-order valence-corrected chi connectivity index (χ4v) is 3.85. The molecule has 0 bridgehead atoms. The van der Waals surface area contributed by atoms with Crippen LogP contribution < -0.4 is 10.6 Å². The molecule has 0 radical (unpaired) electrons. The number of imidazole rings is 1. The van der Waals surface area contributed by atoms with Crippen molar-refractivity contribution in [2.75, 3.05) is 11.9 Å². The second-order valence-electron chi connectivity index (χ2n) is 6.84. The molecule has 132 valence electrons. The summed E-state index contributed by atoms with van der Waals surface area (Å²) >= 11 is 0. The van der Waals surface area contributed by atoms with Gasteiger partial charge in [0.1, 0.15) is 5.82 Å². The van der Waals surface area contributed by atoms with E-state index < -0.39 is 0 Å². The van der Waals surface area contributed by atoms with Crippen molar-refractivity contribution in [3.8, 4) is 0 Å². The third-order valence-corrected chi connectivity index (χ3v) is 5.13. The standard InChI is InChI=1S/C19H24N4O2/c24-12-13-4-5-17(15-6-7-20-10-16(13)15)22-19(25)9-14-11-23-8-2-1-3-18(23)21-14/h4-5,11,20,24H,1-3,6-10,12H2,(H,22,25). The van der Waals surface area contributed by atoms with Crippen LogP contribution in [-0.2, 0) is 43.8 Å². The third kappa shape index (κ3) is 3.32. The first-order valence-corrected chi connectivity index (χ1v) is 9.04. The smallest absolute Gasteiger partial charge is 0.230 e. The summed E-state index contributed by atoms with van der Waals surface area (Å²) in [5, 5.41) is 15.9. The van der Waals surface area contributed by atoms with Crippen LogP contribution in [0.5, 0.6) is 0 Å². The van der Waals surface area contributed by atoms with Crippen LogP contribution in [0.25, 0.3) is 0 Å². The van der Waals surface area contributed by atoms with Gasteiger partial charge in [-0.3, -0.25) is 4.79 Å². The number of amides is 1. The Morgan fingerprint density at radius 1 is 1.28 bits per heavy atom. The summed E-state index contributed by atoms with van der Waals surface area (Å²) in [5.41, 5.74) is 4.90. The topological polar surface area (TPSA) is 79.2 Å². The molecular weight excluding hydrogens is 316 g/mol. The molecule has 0 saturated heterocycles. The minimum atomic E-state index is -0.0343. The van der Waals surface area contributed by atoms with Crippen LogP contribution in [0.1, 0.15) is 41.1 Å². The summed E-state index contributed by atoms with van der Waals surface area (Å²) in [6.07, 6.45) is 6.55. The SMILES string of the molecule is O=C(Cc1cn2c(n1)CCCC2)Nc1ccc(CO)c2c1CCNC2. The molecule has 2 aromatic rings. The van der Waals surface area contributed by atoms with Crippen LogP contribution in [0.2, 0.25) is 0 Å². The zero-order chi connectivity index (χ0) is 17.2. The molecule has 0 fully saturated rings. The van der Waals surface area contributed by atoms with Crippen LogP contribution in [0.3, 0.4) is 0 Å². The predicted molar refractivity (Wildman–Crippen MR) is 95.3 cm³/mol. The summed E-state index contributed by atoms with van der Waals surface area (Å²) in [7, 11) is 0. The fourth-order valence-electron chi connectivity index (χ4n) is 3.85. The number of fused-ring (bicyclic) bond motifs is 2. The lowest BCUT2D eigenvalue weighted by molar-refractivity contribution is -0.115. The summed E-state index contributed by atoms with van der Waals surface area (Å²) in [5.74, 6) is 1.07. The highest BCUT2D eigenvalue weighted by Crippen LogP contribution is 2.27. The molecule has 2 aliphatic rings. The lowest BCUT2D eigenvalue weighted by Crippen LogP contribution is -2.27. The average Bonchev–Trinajstić information content (AvgIpc) is 3.04. The highest BCUT2D eigenvalue weighted by molar-refractivity contribution is 5.93. The van der Waals surface area contributed by atoms with Crippen molar-refractivity contribution in [1.82, 2.24) is 14.9 Å². The lowest BCUT2D eigenvalue weighted by Gasteiger charge is -2.23. The van der Waals surface area contributed by atoms with Gasteiger partial charge in [0.2, 0.25) is 5.91 Å². The van der Waals surface area contributed by atoms with Crippen molar-refractivity contribution in [2.45, 2.75) is 51.8 Å². The summed E-state index contributed by atoms with van der Waals surface area (Å²) < 4.78 is 2.18. The molecule has 0 saturated carbocycles. The molecule has 6 nitrogen and oxygen atoms in total. The van der Waals surface area contributed by atoms with Crippen LogP contribution in [0, 0.1) is 0 Å². The number of benzene rings is 1. The number of anilines is 1. The maximum Gasteiger partial charge on any atom is 0.230 e. The van der Waals surface area contributed by atoms with Gasteiger partial charge in [-0.2, -0.15) is 0 Å². The molecule has 1 amide bonds. The summed E-state index contributed by atoms with van der Waals surface area (Å²) in [4.78, 5) is 17.1. The van der Waals surface area contributed by atoms with Crippen LogP contribution in [0.4, 0.5) is 5.69 Å². The van der Waals surface area contributed by atoms with E-state index in [4.69, 9.17) is 0 Å². The Morgan fingerprint density at radius 2 is 2.20 bits per heavy atom. The van der Waals surface area contributed by atoms with Crippen LogP contribution >= 0.6 is 0 Å². The van der Waals surface area contributed by atoms with Crippen molar-refractivity contribution in [3.63, 3.8) is 0 Å². The van der Waals surface area contributed by atoms with E-state index in [2.05, 4.69) is 20.2 Å². The summed E-state index contributed by atoms with van der Waals surface area (Å²) in [6, 6.07) is 3.81. The Balaban J connectivity index is 1.50. The highest BCUT2D eigenvalue weighted by atomic mass is 16.3. The van der Waals surface area contributed by atoms with Gasteiger partial charge < -0.3 is 20.3 Å². The maximum absolute atomic E-state index is 12.5. The van der Waals surface area contributed by atoms with Gasteiger partial charge in [-0.05, 0) is 48.6 Å². The second kappa shape index (κ2) is 6.98. The van der Waals surface area contributed by atoms with Gasteiger partial charge in [-0.1, -0.05) is 6.07 Å². The van der Waals surface area contributed by atoms with Crippen molar-refractivity contribution in [3.05, 3.63) is 46.5 Å².